The van der Waals surface area contributed by atoms with Crippen molar-refractivity contribution in [2.24, 2.45) is 11.3 Å². The highest BCUT2D eigenvalue weighted by atomic mass is 35.5. The molecule has 1 saturated carbocycles. The Morgan fingerprint density at radius 2 is 1.79 bits per heavy atom. The largest absolute Gasteiger partial charge is 0.370 e. The summed E-state index contributed by atoms with van der Waals surface area (Å²) in [6.07, 6.45) is 11.9. The molecule has 1 spiro atoms. The molecule has 4 unspecified atom stereocenters. The van der Waals surface area contributed by atoms with Gasteiger partial charge in [-0.1, -0.05) is 23.2 Å². The molecule has 0 amide bonds. The maximum absolute atomic E-state index is 11.9. The zero-order valence-electron chi connectivity index (χ0n) is 21.5. The molecule has 5 heterocycles. The second-order valence-corrected chi connectivity index (χ2v) is 14.1. The fourth-order valence-corrected chi connectivity index (χ4v) is 8.24. The van der Waals surface area contributed by atoms with E-state index in [0.29, 0.717) is 41.0 Å². The quantitative estimate of drug-likeness (QED) is 0.531. The Kier molecular flexibility index (Phi) is 7.07. The first kappa shape index (κ1) is 26.6. The minimum absolute atomic E-state index is 0.0220. The van der Waals surface area contributed by atoms with Crippen LogP contribution >= 0.6 is 23.2 Å². The Hall–Kier alpha value is -1.60. The number of nitrogens with one attached hydrogen (secondary N) is 2. The minimum Gasteiger partial charge on any atom is -0.370 e. The van der Waals surface area contributed by atoms with Crippen LogP contribution in [0.3, 0.4) is 0 Å². The monoisotopic (exact) mass is 581 g/mol. The van der Waals surface area contributed by atoms with Gasteiger partial charge < -0.3 is 9.64 Å². The molecule has 2 aromatic rings. The van der Waals surface area contributed by atoms with Crippen molar-refractivity contribution in [2.45, 2.75) is 56.9 Å². The molecule has 206 valence electrons. The van der Waals surface area contributed by atoms with Crippen LogP contribution in [0.2, 0.25) is 10.0 Å². The molecule has 0 bridgehead atoms. The van der Waals surface area contributed by atoms with Crippen molar-refractivity contribution in [1.29, 1.82) is 0 Å². The minimum atomic E-state index is -3.14. The van der Waals surface area contributed by atoms with E-state index in [2.05, 4.69) is 30.7 Å². The molecule has 4 fully saturated rings. The van der Waals surface area contributed by atoms with Gasteiger partial charge in [-0.15, -0.1) is 0 Å². The molecule has 5 atom stereocenters. The van der Waals surface area contributed by atoms with Gasteiger partial charge >= 0.3 is 0 Å². The molecule has 3 aliphatic heterocycles. The van der Waals surface area contributed by atoms with Crippen molar-refractivity contribution in [3.8, 4) is 0 Å². The van der Waals surface area contributed by atoms with Crippen LogP contribution in [0.5, 0.6) is 0 Å². The summed E-state index contributed by atoms with van der Waals surface area (Å²) in [5.41, 5.74) is 8.77. The van der Waals surface area contributed by atoms with Crippen LogP contribution < -0.4 is 15.8 Å². The van der Waals surface area contributed by atoms with Gasteiger partial charge in [0.15, 0.2) is 0 Å². The van der Waals surface area contributed by atoms with Crippen molar-refractivity contribution >= 4 is 39.2 Å². The number of sulfonamides is 1. The van der Waals surface area contributed by atoms with Gasteiger partial charge in [0.25, 0.3) is 0 Å². The first-order chi connectivity index (χ1) is 18.1. The van der Waals surface area contributed by atoms with E-state index in [0.717, 1.165) is 49.9 Å². The second kappa shape index (κ2) is 10.1. The molecule has 13 heteroatoms. The molecule has 10 nitrogen and oxygen atoms in total. The number of ether oxygens (including phenoxy) is 1. The maximum Gasteiger partial charge on any atom is 0.225 e. The molecule has 2 aromatic heterocycles. The van der Waals surface area contributed by atoms with Crippen molar-refractivity contribution in [3.05, 3.63) is 46.0 Å². The lowest BCUT2D eigenvalue weighted by molar-refractivity contribution is -0.0370. The summed E-state index contributed by atoms with van der Waals surface area (Å²) in [7, 11) is -3.14. The summed E-state index contributed by atoms with van der Waals surface area (Å²) >= 11 is 12.7. The van der Waals surface area contributed by atoms with Crippen molar-refractivity contribution in [2.75, 3.05) is 37.3 Å². The highest BCUT2D eigenvalue weighted by Gasteiger charge is 2.50. The standard InChI is InChI=1S/C25H33Cl2N7O3S/c1-15(22-19(26)10-28-11-20(22)27)37-17-3-4-21-18(7-17)23(32-31-21)16-8-29-24(30-9-16)33-12-25(13-33)5-6-34(14-25)38(2,35)36/h8-11,15,17-18,21,23,31-32H,3-7,12-14H2,1-2H3/t15-,17?,18?,21?,23?/m1/s1. The molecule has 38 heavy (non-hydrogen) atoms. The zero-order valence-corrected chi connectivity index (χ0v) is 23.8. The van der Waals surface area contributed by atoms with Gasteiger partial charge in [-0.05, 0) is 38.5 Å². The van der Waals surface area contributed by atoms with Crippen LogP contribution in [0.4, 0.5) is 5.95 Å². The second-order valence-electron chi connectivity index (χ2n) is 11.3. The Labute approximate surface area is 233 Å². The van der Waals surface area contributed by atoms with Crippen LogP contribution in [0.1, 0.15) is 55.9 Å². The van der Waals surface area contributed by atoms with E-state index in [1.807, 2.05) is 19.3 Å². The number of nitrogens with zero attached hydrogens (tertiary/aromatic N) is 5. The number of pyridine rings is 1. The first-order valence-corrected chi connectivity index (χ1v) is 15.7. The Morgan fingerprint density at radius 3 is 2.45 bits per heavy atom. The lowest BCUT2D eigenvalue weighted by Gasteiger charge is -2.48. The fourth-order valence-electron chi connectivity index (χ4n) is 6.63. The van der Waals surface area contributed by atoms with E-state index in [9.17, 15) is 8.42 Å². The molecular formula is C25H33Cl2N7O3S. The van der Waals surface area contributed by atoms with Gasteiger partial charge in [-0.3, -0.25) is 10.4 Å². The average Bonchev–Trinajstić information content (AvgIpc) is 3.48. The fraction of sp³-hybridized carbons (Fsp3) is 0.640. The van der Waals surface area contributed by atoms with Gasteiger partial charge in [-0.25, -0.2) is 28.1 Å². The summed E-state index contributed by atoms with van der Waals surface area (Å²) in [6, 6.07) is 0.447. The smallest absolute Gasteiger partial charge is 0.225 e. The van der Waals surface area contributed by atoms with E-state index in [-0.39, 0.29) is 23.7 Å². The number of rotatable bonds is 6. The van der Waals surface area contributed by atoms with Gasteiger partial charge in [-0.2, -0.15) is 0 Å². The molecule has 0 radical (unpaired) electrons. The zero-order chi connectivity index (χ0) is 26.7. The summed E-state index contributed by atoms with van der Waals surface area (Å²) in [5, 5.41) is 1.04. The van der Waals surface area contributed by atoms with Crippen LogP contribution in [0, 0.1) is 11.3 Å². The van der Waals surface area contributed by atoms with Crippen molar-refractivity contribution < 1.29 is 13.2 Å². The van der Waals surface area contributed by atoms with Crippen LogP contribution in [0.25, 0.3) is 0 Å². The number of hydrogen-bond donors (Lipinski definition) is 2. The van der Waals surface area contributed by atoms with E-state index in [1.165, 1.54) is 6.26 Å². The van der Waals surface area contributed by atoms with E-state index in [4.69, 9.17) is 27.9 Å². The molecule has 2 N–H and O–H groups in total. The van der Waals surface area contributed by atoms with E-state index < -0.39 is 10.0 Å². The Bertz CT molecular complexity index is 1270. The van der Waals surface area contributed by atoms with E-state index >= 15 is 0 Å². The first-order valence-electron chi connectivity index (χ1n) is 13.1. The van der Waals surface area contributed by atoms with Gasteiger partial charge in [0, 0.05) is 73.6 Å². The lowest BCUT2D eigenvalue weighted by Crippen LogP contribution is -2.58. The summed E-state index contributed by atoms with van der Waals surface area (Å²) < 4.78 is 31.8. The summed E-state index contributed by atoms with van der Waals surface area (Å²) in [4.78, 5) is 15.5. The normalized spacial score (nSPS) is 29.8. The lowest BCUT2D eigenvalue weighted by atomic mass is 9.78. The number of hydrogen-bond acceptors (Lipinski definition) is 9. The van der Waals surface area contributed by atoms with Crippen LogP contribution in [0.15, 0.2) is 24.8 Å². The number of anilines is 1. The highest BCUT2D eigenvalue weighted by Crippen LogP contribution is 2.43. The van der Waals surface area contributed by atoms with Crippen LogP contribution in [-0.4, -0.2) is 72.3 Å². The summed E-state index contributed by atoms with van der Waals surface area (Å²) in [5.74, 6) is 1.04. The van der Waals surface area contributed by atoms with Crippen molar-refractivity contribution in [3.63, 3.8) is 0 Å². The Balaban J connectivity index is 1.07. The predicted octanol–water partition coefficient (Wildman–Crippen LogP) is 3.11. The SMILES string of the molecule is C[C@@H](OC1CCC2NNC(c3cnc(N4CC5(CCN(S(C)(=O)=O)C5)C4)nc3)C2C1)c1c(Cl)cncc1Cl. The highest BCUT2D eigenvalue weighted by molar-refractivity contribution is 7.88. The number of aromatic nitrogens is 3. The molecule has 6 rings (SSSR count). The maximum atomic E-state index is 11.9. The third kappa shape index (κ3) is 5.02. The van der Waals surface area contributed by atoms with Gasteiger partial charge in [0.1, 0.15) is 0 Å². The third-order valence-electron chi connectivity index (χ3n) is 8.62. The Morgan fingerprint density at radius 1 is 1.08 bits per heavy atom. The number of fused-ring (bicyclic) bond motifs is 1. The van der Waals surface area contributed by atoms with Gasteiger partial charge in [0.2, 0.25) is 16.0 Å². The third-order valence-corrected chi connectivity index (χ3v) is 10.5. The molecule has 4 aliphatic rings. The number of halogens is 2. The molecular weight excluding hydrogens is 549 g/mol. The summed E-state index contributed by atoms with van der Waals surface area (Å²) in [6.45, 7) is 4.74. The molecule has 3 saturated heterocycles. The van der Waals surface area contributed by atoms with Crippen molar-refractivity contribution in [1.82, 2.24) is 30.1 Å². The van der Waals surface area contributed by atoms with E-state index in [1.54, 1.807) is 16.7 Å². The topological polar surface area (TPSA) is 113 Å². The molecule has 1 aliphatic carbocycles. The molecule has 0 aromatic carbocycles. The average molecular weight is 583 g/mol. The van der Waals surface area contributed by atoms with Gasteiger partial charge in [0.05, 0.1) is 34.6 Å². The number of hydrazine groups is 1. The van der Waals surface area contributed by atoms with Crippen LogP contribution in [-0.2, 0) is 14.8 Å². The predicted molar refractivity (Wildman–Crippen MR) is 145 cm³/mol.